The van der Waals surface area contributed by atoms with Crippen LogP contribution in [-0.2, 0) is 0 Å². The van der Waals surface area contributed by atoms with Crippen LogP contribution >= 0.6 is 0 Å². The number of carbonyl (C=O) groups excluding carboxylic acids is 1. The van der Waals surface area contributed by atoms with E-state index < -0.39 is 0 Å². The van der Waals surface area contributed by atoms with Gasteiger partial charge in [0.25, 0.3) is 5.91 Å². The van der Waals surface area contributed by atoms with E-state index >= 15 is 0 Å². The van der Waals surface area contributed by atoms with Crippen LogP contribution in [0, 0.1) is 6.92 Å². The number of fused-ring (bicyclic) bond motifs is 2. The quantitative estimate of drug-likeness (QED) is 0.501. The minimum absolute atomic E-state index is 0.268. The molecule has 1 amide bonds. The summed E-state index contributed by atoms with van der Waals surface area (Å²) < 4.78 is 1.98. The van der Waals surface area contributed by atoms with Gasteiger partial charge in [0, 0.05) is 18.0 Å². The molecule has 0 aliphatic heterocycles. The number of aromatic nitrogens is 4. The van der Waals surface area contributed by atoms with E-state index in [1.54, 1.807) is 0 Å². The first-order valence-electron chi connectivity index (χ1n) is 9.26. The van der Waals surface area contributed by atoms with Gasteiger partial charge in [-0.2, -0.15) is 0 Å². The maximum atomic E-state index is 12.8. The predicted octanol–water partition coefficient (Wildman–Crippen LogP) is 4.51. The second-order valence-electron chi connectivity index (χ2n) is 6.79. The third-order valence-corrected chi connectivity index (χ3v) is 4.81. The molecule has 29 heavy (non-hydrogen) atoms. The Labute approximate surface area is 166 Å². The normalized spacial score (nSPS) is 11.1. The standard InChI is InChI=1S/C23H17N5O/c1-15-7-6-12-28-14-21(26-22(15)28)16-8-2-3-9-17(16)27-23(29)20-13-24-18-10-4-5-11-19(18)25-20/h2-14H,1H3,(H,27,29). The largest absolute Gasteiger partial charge is 0.320 e. The summed E-state index contributed by atoms with van der Waals surface area (Å²) in [5, 5.41) is 2.96. The molecule has 0 saturated carbocycles. The van der Waals surface area contributed by atoms with Crippen molar-refractivity contribution in [1.29, 1.82) is 0 Å². The number of nitrogens with zero attached hydrogens (tertiary/aromatic N) is 4. The summed E-state index contributed by atoms with van der Waals surface area (Å²) in [7, 11) is 0. The number of hydrogen-bond donors (Lipinski definition) is 1. The lowest BCUT2D eigenvalue weighted by atomic mass is 10.1. The van der Waals surface area contributed by atoms with Gasteiger partial charge >= 0.3 is 0 Å². The highest BCUT2D eigenvalue weighted by Crippen LogP contribution is 2.28. The molecule has 0 unspecified atom stereocenters. The Morgan fingerprint density at radius 3 is 2.59 bits per heavy atom. The topological polar surface area (TPSA) is 72.2 Å². The van der Waals surface area contributed by atoms with Gasteiger partial charge in [0.2, 0.25) is 0 Å². The van der Waals surface area contributed by atoms with Crippen LogP contribution in [-0.4, -0.2) is 25.3 Å². The Hall–Kier alpha value is -4.06. The molecule has 0 saturated heterocycles. The van der Waals surface area contributed by atoms with Crippen molar-refractivity contribution in [3.05, 3.63) is 90.5 Å². The first-order chi connectivity index (χ1) is 14.2. The van der Waals surface area contributed by atoms with Gasteiger partial charge in [-0.25, -0.2) is 9.97 Å². The Kier molecular flexibility index (Phi) is 4.02. The van der Waals surface area contributed by atoms with Crippen LogP contribution in [0.2, 0.25) is 0 Å². The predicted molar refractivity (Wildman–Crippen MR) is 113 cm³/mol. The summed E-state index contributed by atoms with van der Waals surface area (Å²) in [4.78, 5) is 26.3. The van der Waals surface area contributed by atoms with Crippen LogP contribution in [0.15, 0.2) is 79.3 Å². The molecule has 3 heterocycles. The van der Waals surface area contributed by atoms with E-state index in [0.29, 0.717) is 11.2 Å². The van der Waals surface area contributed by atoms with Crippen molar-refractivity contribution in [1.82, 2.24) is 19.4 Å². The Balaban J connectivity index is 1.51. The average Bonchev–Trinajstić information content (AvgIpc) is 3.19. The zero-order valence-electron chi connectivity index (χ0n) is 15.7. The third-order valence-electron chi connectivity index (χ3n) is 4.81. The van der Waals surface area contributed by atoms with Crippen molar-refractivity contribution in [2.75, 3.05) is 5.32 Å². The van der Waals surface area contributed by atoms with Crippen LogP contribution in [0.25, 0.3) is 27.9 Å². The number of amides is 1. The van der Waals surface area contributed by atoms with E-state index in [-0.39, 0.29) is 11.6 Å². The summed E-state index contributed by atoms with van der Waals surface area (Å²) in [6, 6.07) is 19.1. The molecule has 0 spiro atoms. The minimum atomic E-state index is -0.310. The number of para-hydroxylation sites is 3. The summed E-state index contributed by atoms with van der Waals surface area (Å²) in [6.45, 7) is 2.03. The fraction of sp³-hybridized carbons (Fsp3) is 0.0435. The molecule has 6 heteroatoms. The summed E-state index contributed by atoms with van der Waals surface area (Å²) in [5.41, 5.74) is 6.00. The SMILES string of the molecule is Cc1cccn2cc(-c3ccccc3NC(=O)c3cnc4ccccc4n3)nc12. The Morgan fingerprint density at radius 1 is 0.931 bits per heavy atom. The van der Waals surface area contributed by atoms with E-state index in [0.717, 1.165) is 28.0 Å². The first-order valence-corrected chi connectivity index (χ1v) is 9.26. The van der Waals surface area contributed by atoms with Crippen molar-refractivity contribution in [3.8, 4) is 11.3 Å². The molecular formula is C23H17N5O. The fourth-order valence-corrected chi connectivity index (χ4v) is 3.35. The second-order valence-corrected chi connectivity index (χ2v) is 6.79. The molecule has 0 bridgehead atoms. The number of aryl methyl sites for hydroxylation is 1. The van der Waals surface area contributed by atoms with E-state index in [2.05, 4.69) is 15.3 Å². The van der Waals surface area contributed by atoms with E-state index in [9.17, 15) is 4.79 Å². The van der Waals surface area contributed by atoms with Gasteiger partial charge in [0.15, 0.2) is 0 Å². The zero-order chi connectivity index (χ0) is 19.8. The maximum Gasteiger partial charge on any atom is 0.275 e. The molecule has 0 fully saturated rings. The second kappa shape index (κ2) is 6.83. The number of imidazole rings is 1. The van der Waals surface area contributed by atoms with Crippen LogP contribution in [0.1, 0.15) is 16.1 Å². The number of nitrogens with one attached hydrogen (secondary N) is 1. The van der Waals surface area contributed by atoms with Gasteiger partial charge in [-0.15, -0.1) is 0 Å². The Morgan fingerprint density at radius 2 is 1.72 bits per heavy atom. The summed E-state index contributed by atoms with van der Waals surface area (Å²) in [5.74, 6) is -0.310. The number of anilines is 1. The van der Waals surface area contributed by atoms with Crippen LogP contribution < -0.4 is 5.32 Å². The minimum Gasteiger partial charge on any atom is -0.320 e. The van der Waals surface area contributed by atoms with E-state index in [1.807, 2.05) is 84.4 Å². The lowest BCUT2D eigenvalue weighted by Crippen LogP contribution is -2.14. The molecule has 0 aliphatic rings. The van der Waals surface area contributed by atoms with E-state index in [4.69, 9.17) is 4.98 Å². The van der Waals surface area contributed by atoms with Crippen molar-refractivity contribution in [3.63, 3.8) is 0 Å². The molecular weight excluding hydrogens is 362 g/mol. The molecule has 5 aromatic rings. The molecule has 6 nitrogen and oxygen atoms in total. The molecule has 140 valence electrons. The molecule has 1 N–H and O–H groups in total. The van der Waals surface area contributed by atoms with Gasteiger partial charge in [-0.3, -0.25) is 9.78 Å². The third kappa shape index (κ3) is 3.10. The highest BCUT2D eigenvalue weighted by atomic mass is 16.1. The molecule has 0 aliphatic carbocycles. The molecule has 0 atom stereocenters. The van der Waals surface area contributed by atoms with Gasteiger partial charge in [-0.1, -0.05) is 36.4 Å². The van der Waals surface area contributed by atoms with E-state index in [1.165, 1.54) is 6.20 Å². The first kappa shape index (κ1) is 17.1. The van der Waals surface area contributed by atoms with Crippen LogP contribution in [0.5, 0.6) is 0 Å². The number of hydrogen-bond acceptors (Lipinski definition) is 4. The van der Waals surface area contributed by atoms with Crippen molar-refractivity contribution in [2.45, 2.75) is 6.92 Å². The van der Waals surface area contributed by atoms with Gasteiger partial charge < -0.3 is 9.72 Å². The van der Waals surface area contributed by atoms with Crippen molar-refractivity contribution >= 4 is 28.3 Å². The molecule has 3 aromatic heterocycles. The maximum absolute atomic E-state index is 12.8. The average molecular weight is 379 g/mol. The number of rotatable bonds is 3. The summed E-state index contributed by atoms with van der Waals surface area (Å²) >= 11 is 0. The van der Waals surface area contributed by atoms with Crippen molar-refractivity contribution in [2.24, 2.45) is 0 Å². The van der Waals surface area contributed by atoms with Crippen LogP contribution in [0.3, 0.4) is 0 Å². The van der Waals surface area contributed by atoms with Crippen LogP contribution in [0.4, 0.5) is 5.69 Å². The fourth-order valence-electron chi connectivity index (χ4n) is 3.35. The number of pyridine rings is 1. The van der Waals surface area contributed by atoms with Gasteiger partial charge in [0.1, 0.15) is 11.3 Å². The highest BCUT2D eigenvalue weighted by Gasteiger charge is 2.14. The lowest BCUT2D eigenvalue weighted by molar-refractivity contribution is 0.102. The lowest BCUT2D eigenvalue weighted by Gasteiger charge is -2.09. The van der Waals surface area contributed by atoms with Gasteiger partial charge in [0.05, 0.1) is 28.6 Å². The summed E-state index contributed by atoms with van der Waals surface area (Å²) in [6.07, 6.45) is 5.42. The molecule has 2 aromatic carbocycles. The zero-order valence-corrected chi connectivity index (χ0v) is 15.7. The number of carbonyl (C=O) groups is 1. The molecule has 0 radical (unpaired) electrons. The smallest absolute Gasteiger partial charge is 0.275 e. The van der Waals surface area contributed by atoms with Crippen molar-refractivity contribution < 1.29 is 4.79 Å². The monoisotopic (exact) mass is 379 g/mol. The Bertz CT molecular complexity index is 1370. The number of benzene rings is 2. The molecule has 5 rings (SSSR count). The highest BCUT2D eigenvalue weighted by molar-refractivity contribution is 6.05. The van der Waals surface area contributed by atoms with Gasteiger partial charge in [-0.05, 0) is 36.8 Å².